The minimum Gasteiger partial charge on any atom is -0.455 e. The summed E-state index contributed by atoms with van der Waals surface area (Å²) in [6.45, 7) is 8.53. The molecule has 0 bridgehead atoms. The number of benzene rings is 3. The molecule has 4 atom stereocenters. The SMILES string of the molecule is CNC(=O)O[C@@H](C(=O)N1CCC[C@@H]1c1ncc(-c2ccc3c(ccc4c(=O)c5cc(-c6cnc(C7CCCN7C(=O)C(NC(=O)OC)C(C)C)[nH]6)ccc5oc43)c2)[nH]1)C(C)C. The predicted octanol–water partition coefficient (Wildman–Crippen LogP) is 6.97. The van der Waals surface area contributed by atoms with E-state index in [1.165, 1.54) is 14.2 Å². The Morgan fingerprint density at radius 2 is 1.38 bits per heavy atom. The molecule has 0 spiro atoms. The summed E-state index contributed by atoms with van der Waals surface area (Å²) in [6, 6.07) is 13.7. The second-order valence-corrected chi connectivity index (χ2v) is 16.4. The monoisotopic (exact) mass is 830 g/mol. The van der Waals surface area contributed by atoms with Gasteiger partial charge in [0.1, 0.15) is 28.9 Å². The molecule has 0 radical (unpaired) electrons. The van der Waals surface area contributed by atoms with Gasteiger partial charge in [-0.05, 0) is 79.3 Å². The molecular formula is C45H50N8O8. The molecule has 3 aromatic heterocycles. The average Bonchev–Trinajstić information content (AvgIpc) is 4.11. The van der Waals surface area contributed by atoms with Crippen LogP contribution in [0.25, 0.3) is 55.2 Å². The third kappa shape index (κ3) is 7.77. The quantitative estimate of drug-likeness (QED) is 0.0825. The van der Waals surface area contributed by atoms with Crippen molar-refractivity contribution in [2.24, 2.45) is 11.8 Å². The number of carbonyl (C=O) groups excluding carboxylic acids is 4. The molecule has 61 heavy (non-hydrogen) atoms. The molecule has 16 nitrogen and oxygen atoms in total. The molecule has 2 aliphatic heterocycles. The Morgan fingerprint density at radius 1 is 0.770 bits per heavy atom. The van der Waals surface area contributed by atoms with E-state index in [1.807, 2.05) is 58.0 Å². The minimum atomic E-state index is -0.911. The van der Waals surface area contributed by atoms with Crippen molar-refractivity contribution in [2.45, 2.75) is 77.6 Å². The molecule has 16 heteroatoms. The highest BCUT2D eigenvalue weighted by Gasteiger charge is 2.39. The topological polar surface area (TPSA) is 205 Å². The summed E-state index contributed by atoms with van der Waals surface area (Å²) in [6.07, 6.45) is 4.28. The zero-order valence-electron chi connectivity index (χ0n) is 35.0. The second kappa shape index (κ2) is 16.7. The number of rotatable bonds is 10. The van der Waals surface area contributed by atoms with Crippen LogP contribution in [-0.4, -0.2) is 93.1 Å². The number of fused-ring (bicyclic) bond motifs is 4. The number of nitrogens with zero attached hydrogens (tertiary/aromatic N) is 4. The van der Waals surface area contributed by atoms with Gasteiger partial charge in [-0.3, -0.25) is 14.4 Å². The Kier molecular flexibility index (Phi) is 11.3. The molecule has 6 aromatic rings. The van der Waals surface area contributed by atoms with Gasteiger partial charge in [-0.15, -0.1) is 0 Å². The first kappa shape index (κ1) is 41.0. The number of aromatic nitrogens is 4. The smallest absolute Gasteiger partial charge is 0.407 e. The lowest BCUT2D eigenvalue weighted by Gasteiger charge is -2.30. The zero-order valence-corrected chi connectivity index (χ0v) is 35.0. The Labute approximate surface area is 351 Å². The van der Waals surface area contributed by atoms with Gasteiger partial charge in [-0.25, -0.2) is 19.6 Å². The van der Waals surface area contributed by atoms with E-state index in [0.29, 0.717) is 58.8 Å². The molecule has 2 unspecified atom stereocenters. The van der Waals surface area contributed by atoms with Crippen molar-refractivity contribution >= 4 is 56.7 Å². The second-order valence-electron chi connectivity index (χ2n) is 16.4. The number of nitrogens with one attached hydrogen (secondary N) is 4. The standard InChI is InChI=1S/C45H50N8O8/c1-23(2)36(51-45(58)59-6)42(55)52-17-7-9-33(52)40-48-22-32(50-40)27-13-16-35-30(20-27)37(54)29-15-11-25-19-26(12-14-28(25)39(29)60-35)31-21-47-41(49-31)34-10-8-18-53(34)43(56)38(24(3)4)61-44(57)46-5/h11-16,19-24,33-34,36,38H,7-10,17-18H2,1-6H3,(H,46,57)(H,47,49)(H,48,50)(H,51,58)/t33?,34-,36?,38-/m1/s1. The number of hydrogen-bond donors (Lipinski definition) is 4. The number of imidazole rings is 2. The van der Waals surface area contributed by atoms with Crippen LogP contribution in [0.15, 0.2) is 70.1 Å². The average molecular weight is 831 g/mol. The fraction of sp³-hybridized carbons (Fsp3) is 0.400. The summed E-state index contributed by atoms with van der Waals surface area (Å²) < 4.78 is 16.7. The number of ether oxygens (including phenoxy) is 2. The largest absolute Gasteiger partial charge is 0.455 e. The number of H-pyrrole nitrogens is 2. The predicted molar refractivity (Wildman–Crippen MR) is 228 cm³/mol. The number of hydrogen-bond acceptors (Lipinski definition) is 10. The van der Waals surface area contributed by atoms with Crippen molar-refractivity contribution < 1.29 is 33.1 Å². The molecule has 8 rings (SSSR count). The van der Waals surface area contributed by atoms with Gasteiger partial charge in [0.2, 0.25) is 11.3 Å². The van der Waals surface area contributed by atoms with Gasteiger partial charge in [0, 0.05) is 36.7 Å². The van der Waals surface area contributed by atoms with E-state index in [4.69, 9.17) is 13.9 Å². The summed E-state index contributed by atoms with van der Waals surface area (Å²) >= 11 is 0. The van der Waals surface area contributed by atoms with Gasteiger partial charge in [0.05, 0.1) is 53.7 Å². The molecule has 4 amide bonds. The molecule has 3 aromatic carbocycles. The van der Waals surface area contributed by atoms with Crippen LogP contribution in [0.5, 0.6) is 0 Å². The highest BCUT2D eigenvalue weighted by molar-refractivity contribution is 6.07. The van der Waals surface area contributed by atoms with Crippen molar-refractivity contribution in [1.29, 1.82) is 0 Å². The van der Waals surface area contributed by atoms with Crippen LogP contribution in [0.3, 0.4) is 0 Å². The van der Waals surface area contributed by atoms with Crippen molar-refractivity contribution in [2.75, 3.05) is 27.2 Å². The normalized spacial score (nSPS) is 17.7. The molecule has 0 aliphatic carbocycles. The van der Waals surface area contributed by atoms with E-state index in [9.17, 15) is 24.0 Å². The number of alkyl carbamates (subject to hydrolysis) is 2. The van der Waals surface area contributed by atoms with Gasteiger partial charge in [0.15, 0.2) is 6.10 Å². The van der Waals surface area contributed by atoms with Gasteiger partial charge >= 0.3 is 12.2 Å². The van der Waals surface area contributed by atoms with E-state index in [1.54, 1.807) is 40.4 Å². The van der Waals surface area contributed by atoms with Gasteiger partial charge in [-0.1, -0.05) is 39.8 Å². The van der Waals surface area contributed by atoms with Crippen LogP contribution in [0, 0.1) is 11.8 Å². The van der Waals surface area contributed by atoms with E-state index in [0.717, 1.165) is 46.9 Å². The Morgan fingerprint density at radius 3 is 1.98 bits per heavy atom. The fourth-order valence-electron chi connectivity index (χ4n) is 8.60. The first-order chi connectivity index (χ1) is 29.4. The first-order valence-electron chi connectivity index (χ1n) is 20.7. The van der Waals surface area contributed by atoms with Crippen LogP contribution in [0.1, 0.15) is 77.1 Å². The maximum Gasteiger partial charge on any atom is 0.407 e. The molecule has 5 heterocycles. The van der Waals surface area contributed by atoms with Crippen LogP contribution >= 0.6 is 0 Å². The van der Waals surface area contributed by atoms with Gasteiger partial charge in [-0.2, -0.15) is 0 Å². The highest BCUT2D eigenvalue weighted by atomic mass is 16.6. The number of methoxy groups -OCH3 is 1. The fourth-order valence-corrected chi connectivity index (χ4v) is 8.60. The maximum absolute atomic E-state index is 14.1. The van der Waals surface area contributed by atoms with Crippen LogP contribution < -0.4 is 16.1 Å². The number of aromatic amines is 2. The van der Waals surface area contributed by atoms with Crippen LogP contribution in [-0.2, 0) is 19.1 Å². The summed E-state index contributed by atoms with van der Waals surface area (Å²) in [7, 11) is 2.73. The lowest BCUT2D eigenvalue weighted by atomic mass is 10.0. The van der Waals surface area contributed by atoms with Gasteiger partial charge < -0.3 is 44.3 Å². The highest BCUT2D eigenvalue weighted by Crippen LogP contribution is 2.36. The summed E-state index contributed by atoms with van der Waals surface area (Å²) in [5.41, 5.74) is 3.84. The molecule has 2 aliphatic rings. The molecule has 2 fully saturated rings. The van der Waals surface area contributed by atoms with Crippen LogP contribution in [0.2, 0.25) is 0 Å². The van der Waals surface area contributed by atoms with Crippen LogP contribution in [0.4, 0.5) is 9.59 Å². The lowest BCUT2D eigenvalue weighted by molar-refractivity contribution is -0.143. The molecule has 4 N–H and O–H groups in total. The zero-order chi connectivity index (χ0) is 43.1. The number of likely N-dealkylation sites (tertiary alicyclic amines) is 2. The third-order valence-corrected chi connectivity index (χ3v) is 11.8. The van der Waals surface area contributed by atoms with E-state index in [-0.39, 0.29) is 41.2 Å². The molecular weight excluding hydrogens is 781 g/mol. The third-order valence-electron chi connectivity index (χ3n) is 11.8. The molecule has 2 saturated heterocycles. The van der Waals surface area contributed by atoms with Gasteiger partial charge in [0.25, 0.3) is 5.91 Å². The van der Waals surface area contributed by atoms with Crippen molar-refractivity contribution in [3.8, 4) is 22.5 Å². The maximum atomic E-state index is 14.1. The summed E-state index contributed by atoms with van der Waals surface area (Å²) in [5, 5.41) is 7.63. The lowest BCUT2D eigenvalue weighted by Crippen LogP contribution is -2.51. The van der Waals surface area contributed by atoms with Crippen molar-refractivity contribution in [3.05, 3.63) is 82.8 Å². The Balaban J connectivity index is 1.03. The Bertz CT molecular complexity index is 2720. The molecule has 0 saturated carbocycles. The minimum absolute atomic E-state index is 0.148. The Hall–Kier alpha value is -6.71. The summed E-state index contributed by atoms with van der Waals surface area (Å²) in [5.74, 6) is 0.496. The summed E-state index contributed by atoms with van der Waals surface area (Å²) in [4.78, 5) is 85.0. The van der Waals surface area contributed by atoms with E-state index >= 15 is 0 Å². The molecule has 318 valence electrons. The number of amides is 4. The number of carbonyl (C=O) groups is 4. The van der Waals surface area contributed by atoms with Crippen molar-refractivity contribution in [1.82, 2.24) is 40.4 Å². The first-order valence-corrected chi connectivity index (χ1v) is 20.7. The van der Waals surface area contributed by atoms with E-state index in [2.05, 4.69) is 30.6 Å². The van der Waals surface area contributed by atoms with E-state index < -0.39 is 24.3 Å². The van der Waals surface area contributed by atoms with Crippen molar-refractivity contribution in [3.63, 3.8) is 0 Å².